The summed E-state index contributed by atoms with van der Waals surface area (Å²) in [6.07, 6.45) is 0.282. The van der Waals surface area contributed by atoms with E-state index >= 15 is 0 Å². The van der Waals surface area contributed by atoms with Crippen molar-refractivity contribution in [2.45, 2.75) is 20.3 Å². The molecule has 0 aliphatic carbocycles. The summed E-state index contributed by atoms with van der Waals surface area (Å²) >= 11 is 3.29. The number of carbonyl (C=O) groups is 1. The molecular weight excluding hydrogens is 307 g/mol. The van der Waals surface area contributed by atoms with Crippen LogP contribution in [-0.4, -0.2) is 5.78 Å². The van der Waals surface area contributed by atoms with Gasteiger partial charge in [-0.15, -0.1) is 0 Å². The van der Waals surface area contributed by atoms with E-state index in [9.17, 15) is 9.18 Å². The zero-order valence-electron chi connectivity index (χ0n) is 10.8. The number of rotatable bonds is 3. The van der Waals surface area contributed by atoms with E-state index in [1.54, 1.807) is 6.07 Å². The fourth-order valence-corrected chi connectivity index (χ4v) is 2.63. The van der Waals surface area contributed by atoms with Gasteiger partial charge in [-0.05, 0) is 37.6 Å². The number of aryl methyl sites for hydroxylation is 2. The highest BCUT2D eigenvalue weighted by Gasteiger charge is 2.12. The molecule has 1 nitrogen and oxygen atoms in total. The van der Waals surface area contributed by atoms with Crippen molar-refractivity contribution in [2.24, 2.45) is 0 Å². The van der Waals surface area contributed by atoms with Gasteiger partial charge in [0.1, 0.15) is 5.82 Å². The molecule has 0 saturated carbocycles. The van der Waals surface area contributed by atoms with Gasteiger partial charge in [-0.2, -0.15) is 0 Å². The van der Waals surface area contributed by atoms with Gasteiger partial charge in [-0.3, -0.25) is 4.79 Å². The van der Waals surface area contributed by atoms with E-state index in [0.29, 0.717) is 10.0 Å². The highest BCUT2D eigenvalue weighted by molar-refractivity contribution is 9.10. The third-order valence-corrected chi connectivity index (χ3v) is 3.57. The fourth-order valence-electron chi connectivity index (χ4n) is 2.16. The van der Waals surface area contributed by atoms with Gasteiger partial charge in [-0.25, -0.2) is 4.39 Å². The van der Waals surface area contributed by atoms with Crippen molar-refractivity contribution in [2.75, 3.05) is 0 Å². The summed E-state index contributed by atoms with van der Waals surface area (Å²) in [7, 11) is 0. The van der Waals surface area contributed by atoms with Gasteiger partial charge in [0, 0.05) is 16.5 Å². The number of hydrogen-bond acceptors (Lipinski definition) is 1. The van der Waals surface area contributed by atoms with E-state index < -0.39 is 5.82 Å². The lowest BCUT2D eigenvalue weighted by Gasteiger charge is -2.06. The summed E-state index contributed by atoms with van der Waals surface area (Å²) in [5.74, 6) is -0.483. The normalized spacial score (nSPS) is 10.5. The van der Waals surface area contributed by atoms with Crippen LogP contribution in [0.25, 0.3) is 0 Å². The van der Waals surface area contributed by atoms with E-state index in [0.717, 1.165) is 16.7 Å². The van der Waals surface area contributed by atoms with Crippen LogP contribution in [0, 0.1) is 19.7 Å². The van der Waals surface area contributed by atoms with Crippen LogP contribution in [0.5, 0.6) is 0 Å². The number of ketones is 1. The molecule has 0 unspecified atom stereocenters. The summed E-state index contributed by atoms with van der Waals surface area (Å²) in [5.41, 5.74) is 3.60. The molecular formula is C16H14BrFO. The molecule has 0 saturated heterocycles. The summed E-state index contributed by atoms with van der Waals surface area (Å²) < 4.78 is 13.8. The minimum Gasteiger partial charge on any atom is -0.294 e. The molecule has 2 aromatic carbocycles. The predicted molar refractivity (Wildman–Crippen MR) is 78.1 cm³/mol. The predicted octanol–water partition coefficient (Wildman–Crippen LogP) is 4.63. The Kier molecular flexibility index (Phi) is 4.15. The lowest BCUT2D eigenvalue weighted by atomic mass is 10.00. The van der Waals surface area contributed by atoms with Crippen molar-refractivity contribution in [1.29, 1.82) is 0 Å². The maximum absolute atomic E-state index is 13.2. The topological polar surface area (TPSA) is 17.1 Å². The third-order valence-electron chi connectivity index (χ3n) is 2.87. The average Bonchev–Trinajstić information content (AvgIpc) is 2.30. The maximum Gasteiger partial charge on any atom is 0.168 e. The quantitative estimate of drug-likeness (QED) is 0.753. The average molecular weight is 321 g/mol. The SMILES string of the molecule is Cc1cc(C)cc(CC(=O)c2cc(F)ccc2Br)c1. The maximum atomic E-state index is 13.2. The number of carbonyl (C=O) groups excluding carboxylic acids is 1. The van der Waals surface area contributed by atoms with E-state index in [1.165, 1.54) is 12.1 Å². The van der Waals surface area contributed by atoms with Crippen LogP contribution in [0.3, 0.4) is 0 Å². The molecule has 19 heavy (non-hydrogen) atoms. The third kappa shape index (κ3) is 3.51. The van der Waals surface area contributed by atoms with E-state index in [2.05, 4.69) is 22.0 Å². The fraction of sp³-hybridized carbons (Fsp3) is 0.188. The largest absolute Gasteiger partial charge is 0.294 e. The highest BCUT2D eigenvalue weighted by Crippen LogP contribution is 2.20. The Bertz CT molecular complexity index is 614. The van der Waals surface area contributed by atoms with Gasteiger partial charge >= 0.3 is 0 Å². The second-order valence-corrected chi connectivity index (χ2v) is 5.57. The lowest BCUT2D eigenvalue weighted by molar-refractivity contribution is 0.0992. The number of benzene rings is 2. The summed E-state index contributed by atoms with van der Waals surface area (Å²) in [5, 5.41) is 0. The molecule has 3 heteroatoms. The zero-order valence-corrected chi connectivity index (χ0v) is 12.4. The van der Waals surface area contributed by atoms with Gasteiger partial charge in [-0.1, -0.05) is 45.3 Å². The van der Waals surface area contributed by atoms with Gasteiger partial charge in [0.05, 0.1) is 0 Å². The molecule has 0 N–H and O–H groups in total. The molecule has 0 fully saturated rings. The molecule has 0 aliphatic heterocycles. The highest BCUT2D eigenvalue weighted by atomic mass is 79.9. The van der Waals surface area contributed by atoms with E-state index in [4.69, 9.17) is 0 Å². The molecule has 0 aliphatic rings. The molecule has 2 rings (SSSR count). The number of Topliss-reactive ketones (excluding diaryl/α,β-unsaturated/α-hetero) is 1. The standard InChI is InChI=1S/C16H14BrFO/c1-10-5-11(2)7-12(6-10)8-16(19)14-9-13(18)3-4-15(14)17/h3-7,9H,8H2,1-2H3. The first kappa shape index (κ1) is 13.9. The van der Waals surface area contributed by atoms with Crippen molar-refractivity contribution < 1.29 is 9.18 Å². The molecule has 2 aromatic rings. The van der Waals surface area contributed by atoms with Gasteiger partial charge in [0.2, 0.25) is 0 Å². The van der Waals surface area contributed by atoms with Crippen molar-refractivity contribution in [3.63, 3.8) is 0 Å². The Balaban J connectivity index is 2.28. The van der Waals surface area contributed by atoms with Crippen molar-refractivity contribution in [3.8, 4) is 0 Å². The van der Waals surface area contributed by atoms with Crippen molar-refractivity contribution in [3.05, 3.63) is 68.9 Å². The Morgan fingerprint density at radius 3 is 2.37 bits per heavy atom. The number of halogens is 2. The molecule has 0 bridgehead atoms. The summed E-state index contributed by atoms with van der Waals surface area (Å²) in [4.78, 5) is 12.2. The van der Waals surface area contributed by atoms with Gasteiger partial charge in [0.25, 0.3) is 0 Å². The van der Waals surface area contributed by atoms with E-state index in [1.807, 2.05) is 26.0 Å². The van der Waals surface area contributed by atoms with Crippen LogP contribution in [0.4, 0.5) is 4.39 Å². The first-order chi connectivity index (χ1) is 8.95. The second-order valence-electron chi connectivity index (χ2n) is 4.72. The monoisotopic (exact) mass is 320 g/mol. The Morgan fingerprint density at radius 2 is 1.74 bits per heavy atom. The first-order valence-electron chi connectivity index (χ1n) is 6.01. The van der Waals surface area contributed by atoms with Gasteiger partial charge < -0.3 is 0 Å². The molecule has 0 heterocycles. The Hall–Kier alpha value is -1.48. The molecule has 0 atom stereocenters. The van der Waals surface area contributed by atoms with Crippen LogP contribution >= 0.6 is 15.9 Å². The number of hydrogen-bond donors (Lipinski definition) is 0. The van der Waals surface area contributed by atoms with E-state index in [-0.39, 0.29) is 12.2 Å². The first-order valence-corrected chi connectivity index (χ1v) is 6.80. The van der Waals surface area contributed by atoms with Crippen LogP contribution in [-0.2, 0) is 6.42 Å². The van der Waals surface area contributed by atoms with Gasteiger partial charge in [0.15, 0.2) is 5.78 Å². The van der Waals surface area contributed by atoms with Crippen LogP contribution < -0.4 is 0 Å². The molecule has 0 amide bonds. The second kappa shape index (κ2) is 5.66. The lowest BCUT2D eigenvalue weighted by Crippen LogP contribution is -2.05. The minimum atomic E-state index is -0.396. The summed E-state index contributed by atoms with van der Waals surface area (Å²) in [6.45, 7) is 4.00. The smallest absolute Gasteiger partial charge is 0.168 e. The Labute approximate surface area is 120 Å². The van der Waals surface area contributed by atoms with Crippen molar-refractivity contribution in [1.82, 2.24) is 0 Å². The Morgan fingerprint density at radius 1 is 1.11 bits per heavy atom. The van der Waals surface area contributed by atoms with Crippen LogP contribution in [0.2, 0.25) is 0 Å². The summed E-state index contributed by atoms with van der Waals surface area (Å²) in [6, 6.07) is 10.2. The van der Waals surface area contributed by atoms with Crippen LogP contribution in [0.1, 0.15) is 27.0 Å². The zero-order chi connectivity index (χ0) is 14.0. The minimum absolute atomic E-state index is 0.0867. The molecule has 0 spiro atoms. The molecule has 0 aromatic heterocycles. The molecule has 98 valence electrons. The van der Waals surface area contributed by atoms with Crippen LogP contribution in [0.15, 0.2) is 40.9 Å². The van der Waals surface area contributed by atoms with Crippen molar-refractivity contribution >= 4 is 21.7 Å². The molecule has 0 radical (unpaired) electrons.